The number of nitrogens with zero attached hydrogens (tertiary/aromatic N) is 3. The van der Waals surface area contributed by atoms with Crippen LogP contribution in [0.25, 0.3) is 5.82 Å². The summed E-state index contributed by atoms with van der Waals surface area (Å²) in [6.07, 6.45) is 13.4. The molecule has 34 heavy (non-hydrogen) atoms. The lowest BCUT2D eigenvalue weighted by atomic mass is 9.82. The number of amides is 1. The van der Waals surface area contributed by atoms with Crippen molar-refractivity contribution in [2.75, 3.05) is 10.2 Å². The first-order valence-corrected chi connectivity index (χ1v) is 13.0. The van der Waals surface area contributed by atoms with Gasteiger partial charge in [-0.1, -0.05) is 50.7 Å². The zero-order valence-electron chi connectivity index (χ0n) is 19.7. The number of anilines is 2. The number of hydrogen-bond acceptors (Lipinski definition) is 5. The third kappa shape index (κ3) is 3.99. The van der Waals surface area contributed by atoms with Crippen molar-refractivity contribution in [1.29, 1.82) is 0 Å². The molecule has 2 heterocycles. The first kappa shape index (κ1) is 21.4. The van der Waals surface area contributed by atoms with Crippen LogP contribution in [0.2, 0.25) is 0 Å². The monoisotopic (exact) mass is 455 g/mol. The molecule has 2 aliphatic carbocycles. The maximum Gasteiger partial charge on any atom is 0.243 e. The fraction of sp³-hybridized carbons (Fsp3) is 0.464. The lowest BCUT2D eigenvalue weighted by Gasteiger charge is -2.38. The Morgan fingerprint density at radius 1 is 0.971 bits per heavy atom. The van der Waals surface area contributed by atoms with Gasteiger partial charge in [-0.05, 0) is 61.9 Å². The van der Waals surface area contributed by atoms with E-state index in [1.54, 1.807) is 6.34 Å². The van der Waals surface area contributed by atoms with Crippen LogP contribution in [0.15, 0.2) is 52.4 Å². The van der Waals surface area contributed by atoms with Gasteiger partial charge < -0.3 is 15.5 Å². The van der Waals surface area contributed by atoms with Crippen LogP contribution in [0.3, 0.4) is 0 Å². The van der Waals surface area contributed by atoms with E-state index in [1.165, 1.54) is 38.5 Å². The maximum absolute atomic E-state index is 14.0. The summed E-state index contributed by atoms with van der Waals surface area (Å²) in [4.78, 5) is 25.1. The Labute approximate surface area is 200 Å². The Morgan fingerprint density at radius 3 is 2.56 bits per heavy atom. The lowest BCUT2D eigenvalue weighted by Crippen LogP contribution is -2.53. The largest absolute Gasteiger partial charge is 0.352 e. The Bertz CT molecular complexity index is 1220. The number of rotatable bonds is 4. The molecule has 0 saturated heterocycles. The highest BCUT2D eigenvalue weighted by molar-refractivity contribution is 5.99. The summed E-state index contributed by atoms with van der Waals surface area (Å²) in [5.74, 6) is 1.49. The SMILES string of the molecule is O=C(NC1CCCCC1)C(C1CCCCC1)N1C(=c2ccc3c(c2)N=CN=3)Nc2ccccc21. The molecule has 6 nitrogen and oxygen atoms in total. The van der Waals surface area contributed by atoms with Gasteiger partial charge in [-0.3, -0.25) is 4.79 Å². The van der Waals surface area contributed by atoms with Crippen molar-refractivity contribution in [3.63, 3.8) is 0 Å². The van der Waals surface area contributed by atoms with Gasteiger partial charge in [-0.2, -0.15) is 0 Å². The molecule has 2 saturated carbocycles. The molecule has 0 radical (unpaired) electrons. The van der Waals surface area contributed by atoms with Crippen LogP contribution in [-0.4, -0.2) is 24.3 Å². The number of nitrogens with one attached hydrogen (secondary N) is 2. The Morgan fingerprint density at radius 2 is 1.74 bits per heavy atom. The minimum atomic E-state index is -0.227. The summed E-state index contributed by atoms with van der Waals surface area (Å²) in [6.45, 7) is 0. The van der Waals surface area contributed by atoms with Gasteiger partial charge in [0.05, 0.1) is 22.4 Å². The van der Waals surface area contributed by atoms with E-state index in [0.29, 0.717) is 12.0 Å². The van der Waals surface area contributed by atoms with Gasteiger partial charge in [0.15, 0.2) is 0 Å². The minimum Gasteiger partial charge on any atom is -0.352 e. The van der Waals surface area contributed by atoms with Crippen LogP contribution in [0.1, 0.15) is 64.2 Å². The van der Waals surface area contributed by atoms with E-state index in [4.69, 9.17) is 0 Å². The highest BCUT2D eigenvalue weighted by Crippen LogP contribution is 2.42. The molecule has 2 aromatic rings. The zero-order chi connectivity index (χ0) is 22.9. The van der Waals surface area contributed by atoms with Crippen LogP contribution in [-0.2, 0) is 4.79 Å². The van der Waals surface area contributed by atoms with Crippen molar-refractivity contribution in [3.8, 4) is 0 Å². The van der Waals surface area contributed by atoms with E-state index < -0.39 is 0 Å². The topological polar surface area (TPSA) is 69.1 Å². The fourth-order valence-electron chi connectivity index (χ4n) is 6.16. The van der Waals surface area contributed by atoms with Crippen molar-refractivity contribution >= 4 is 35.1 Å². The molecule has 2 aromatic carbocycles. The molecule has 1 unspecified atom stereocenters. The van der Waals surface area contributed by atoms with Crippen LogP contribution in [0.5, 0.6) is 0 Å². The number of hydrogen-bond donors (Lipinski definition) is 2. The minimum absolute atomic E-state index is 0.184. The number of carbonyl (C=O) groups is 1. The first-order valence-electron chi connectivity index (χ1n) is 13.0. The summed E-state index contributed by atoms with van der Waals surface area (Å²) in [5, 5.41) is 9.06. The smallest absolute Gasteiger partial charge is 0.243 e. The van der Waals surface area contributed by atoms with Crippen LogP contribution in [0.4, 0.5) is 17.1 Å². The first-order chi connectivity index (χ1) is 16.8. The van der Waals surface area contributed by atoms with Crippen LogP contribution in [0, 0.1) is 5.92 Å². The van der Waals surface area contributed by atoms with Crippen LogP contribution >= 0.6 is 0 Å². The van der Waals surface area contributed by atoms with Gasteiger partial charge in [0, 0.05) is 11.3 Å². The molecule has 2 N–H and O–H groups in total. The Kier molecular flexibility index (Phi) is 5.81. The molecule has 2 fully saturated rings. The van der Waals surface area contributed by atoms with E-state index in [-0.39, 0.29) is 11.9 Å². The van der Waals surface area contributed by atoms with Crippen molar-refractivity contribution in [1.82, 2.24) is 5.32 Å². The van der Waals surface area contributed by atoms with E-state index in [1.807, 2.05) is 6.07 Å². The summed E-state index contributed by atoms with van der Waals surface area (Å²) < 4.78 is 0. The molecule has 2 aliphatic heterocycles. The predicted molar refractivity (Wildman–Crippen MR) is 137 cm³/mol. The second kappa shape index (κ2) is 9.24. The van der Waals surface area contributed by atoms with Gasteiger partial charge >= 0.3 is 0 Å². The van der Waals surface area contributed by atoms with Crippen molar-refractivity contribution in [3.05, 3.63) is 53.0 Å². The van der Waals surface area contributed by atoms with Gasteiger partial charge in [-0.25, -0.2) is 9.98 Å². The fourth-order valence-corrected chi connectivity index (χ4v) is 6.16. The highest BCUT2D eigenvalue weighted by Gasteiger charge is 2.40. The number of benzene rings is 2. The standard InChI is InChI=1S/C28H33N5O/c34-28(31-21-11-5-2-6-12-21)26(19-9-3-1-4-10-19)33-25-14-8-7-13-23(25)32-27(33)20-15-16-22-24(17-20)30-18-29-22/h7-8,13-19,21,26,32H,1-6,9-12H2,(H,31,34). The van der Waals surface area contributed by atoms with E-state index in [2.05, 4.69) is 61.9 Å². The molecule has 6 rings (SSSR count). The summed E-state index contributed by atoms with van der Waals surface area (Å²) in [6, 6.07) is 14.6. The van der Waals surface area contributed by atoms with Crippen molar-refractivity contribution in [2.24, 2.45) is 15.9 Å². The van der Waals surface area contributed by atoms with Gasteiger partial charge in [0.1, 0.15) is 18.2 Å². The normalized spacial score (nSPS) is 22.5. The van der Waals surface area contributed by atoms with E-state index in [0.717, 1.165) is 59.1 Å². The number of fused-ring (bicyclic) bond motifs is 2. The number of aliphatic imine (C=N–C) groups is 1. The molecule has 0 bridgehead atoms. The lowest BCUT2D eigenvalue weighted by molar-refractivity contribution is -0.124. The third-order valence-corrected chi connectivity index (χ3v) is 7.89. The molecule has 6 heteroatoms. The predicted octanol–water partition coefficient (Wildman–Crippen LogP) is 4.38. The van der Waals surface area contributed by atoms with Crippen LogP contribution < -0.4 is 26.1 Å². The molecular formula is C28H33N5O. The second-order valence-electron chi connectivity index (χ2n) is 10.1. The average Bonchev–Trinajstić information content (AvgIpc) is 3.50. The average molecular weight is 456 g/mol. The highest BCUT2D eigenvalue weighted by atomic mass is 16.2. The zero-order valence-corrected chi connectivity index (χ0v) is 19.7. The second-order valence-corrected chi connectivity index (χ2v) is 10.1. The molecule has 176 valence electrons. The molecular weight excluding hydrogens is 422 g/mol. The maximum atomic E-state index is 14.0. The molecule has 1 amide bonds. The van der Waals surface area contributed by atoms with Gasteiger partial charge in [0.2, 0.25) is 5.91 Å². The summed E-state index contributed by atoms with van der Waals surface area (Å²) in [5.41, 5.74) is 3.02. The molecule has 0 aromatic heterocycles. The quantitative estimate of drug-likeness (QED) is 0.719. The Balaban J connectivity index is 1.45. The molecule has 1 atom stereocenters. The summed E-state index contributed by atoms with van der Waals surface area (Å²) in [7, 11) is 0. The molecule has 4 aliphatic rings. The number of para-hydroxylation sites is 2. The Hall–Kier alpha value is -3.15. The van der Waals surface area contributed by atoms with Gasteiger partial charge in [0.25, 0.3) is 0 Å². The third-order valence-electron chi connectivity index (χ3n) is 7.89. The van der Waals surface area contributed by atoms with Crippen molar-refractivity contribution in [2.45, 2.75) is 76.3 Å². The number of carbonyl (C=O) groups excluding carboxylic acids is 1. The van der Waals surface area contributed by atoms with E-state index in [9.17, 15) is 4.79 Å². The summed E-state index contributed by atoms with van der Waals surface area (Å²) >= 11 is 0. The van der Waals surface area contributed by atoms with Gasteiger partial charge in [-0.15, -0.1) is 0 Å². The van der Waals surface area contributed by atoms with E-state index >= 15 is 0 Å². The molecule has 0 spiro atoms. The van der Waals surface area contributed by atoms with Crippen molar-refractivity contribution < 1.29 is 4.79 Å².